The van der Waals surface area contributed by atoms with E-state index in [1.165, 1.54) is 14.2 Å². The molecule has 3 rings (SSSR count). The van der Waals surface area contributed by atoms with E-state index >= 15 is 0 Å². The van der Waals surface area contributed by atoms with Crippen molar-refractivity contribution in [3.63, 3.8) is 0 Å². The van der Waals surface area contributed by atoms with Crippen molar-refractivity contribution >= 4 is 28.7 Å². The van der Waals surface area contributed by atoms with Crippen LogP contribution in [0.3, 0.4) is 0 Å². The Bertz CT molecular complexity index is 1110. The van der Waals surface area contributed by atoms with Crippen molar-refractivity contribution in [2.45, 2.75) is 13.2 Å². The van der Waals surface area contributed by atoms with E-state index in [1.54, 1.807) is 34.9 Å². The molecule has 0 saturated heterocycles. The van der Waals surface area contributed by atoms with E-state index in [1.807, 2.05) is 18.2 Å². The highest BCUT2D eigenvalue weighted by atomic mass is 19.4. The Morgan fingerprint density at radius 2 is 1.65 bits per heavy atom. The Labute approximate surface area is 175 Å². The normalized spacial score (nSPS) is 10.4. The summed E-state index contributed by atoms with van der Waals surface area (Å²) in [6.07, 6.45) is 0. The Kier molecular flexibility index (Phi) is 7.78. The molecule has 1 aromatic heterocycles. The number of methoxy groups -OCH3 is 2. The summed E-state index contributed by atoms with van der Waals surface area (Å²) in [4.78, 5) is 24.9. The molecule has 164 valence electrons. The molecule has 0 bridgehead atoms. The molecule has 0 spiro atoms. The Morgan fingerprint density at radius 3 is 2.23 bits per heavy atom. The number of benzene rings is 2. The molecule has 1 heterocycles. The van der Waals surface area contributed by atoms with Crippen LogP contribution in [0.5, 0.6) is 0 Å². The molecule has 0 amide bonds. The fourth-order valence-electron chi connectivity index (χ4n) is 3.11. The largest absolute Gasteiger partial charge is 0.465 e. The average molecular weight is 435 g/mol. The highest BCUT2D eigenvalue weighted by Crippen LogP contribution is 2.28. The van der Waals surface area contributed by atoms with Gasteiger partial charge in [0.1, 0.15) is 17.1 Å². The van der Waals surface area contributed by atoms with Crippen LogP contribution in [-0.2, 0) is 16.0 Å². The predicted molar refractivity (Wildman–Crippen MR) is 108 cm³/mol. The van der Waals surface area contributed by atoms with Crippen molar-refractivity contribution in [1.29, 1.82) is 5.41 Å². The van der Waals surface area contributed by atoms with Gasteiger partial charge in [-0.2, -0.15) is 13.2 Å². The number of halogens is 3. The third-order valence-electron chi connectivity index (χ3n) is 4.32. The van der Waals surface area contributed by atoms with Gasteiger partial charge < -0.3 is 19.8 Å². The van der Waals surface area contributed by atoms with E-state index in [4.69, 9.17) is 20.6 Å². The number of carbonyl (C=O) groups is 2. The number of nitrogens with one attached hydrogen (secondary N) is 1. The lowest BCUT2D eigenvalue weighted by molar-refractivity contribution is 0.00816. The van der Waals surface area contributed by atoms with Crippen LogP contribution in [0.2, 0.25) is 0 Å². The van der Waals surface area contributed by atoms with Gasteiger partial charge in [0.2, 0.25) is 0 Å². The molecule has 0 aliphatic heterocycles. The zero-order valence-corrected chi connectivity index (χ0v) is 16.7. The molecule has 3 N–H and O–H groups in total. The maximum Gasteiger partial charge on any atom is 0.379 e. The number of alkyl halides is 3. The Balaban J connectivity index is 0.000000785. The number of nitrogens with two attached hydrogens (primary N) is 1. The zero-order chi connectivity index (χ0) is 23.1. The van der Waals surface area contributed by atoms with E-state index in [2.05, 4.69) is 0 Å². The predicted octanol–water partition coefficient (Wildman–Crippen LogP) is 3.73. The van der Waals surface area contributed by atoms with Crippen LogP contribution < -0.4 is 5.73 Å². The smallest absolute Gasteiger partial charge is 0.379 e. The number of para-hydroxylation sites is 1. The summed E-state index contributed by atoms with van der Waals surface area (Å²) in [6, 6.07) is 14.4. The summed E-state index contributed by atoms with van der Waals surface area (Å²) in [5, 5.41) is 8.21. The van der Waals surface area contributed by atoms with Gasteiger partial charge in [0.15, 0.2) is 0 Å². The molecule has 0 atom stereocenters. The van der Waals surface area contributed by atoms with Crippen molar-refractivity contribution in [3.8, 4) is 0 Å². The van der Waals surface area contributed by atoms with Gasteiger partial charge in [0, 0.05) is 23.0 Å². The number of ether oxygens (including phenoxy) is 2. The minimum absolute atomic E-state index is 0.0438. The van der Waals surface area contributed by atoms with Crippen molar-refractivity contribution in [3.05, 3.63) is 70.9 Å². The summed E-state index contributed by atoms with van der Waals surface area (Å²) in [6.45, 7) is -3.37. The van der Waals surface area contributed by atoms with Crippen LogP contribution in [0.4, 0.5) is 13.2 Å². The molecule has 0 aliphatic rings. The van der Waals surface area contributed by atoms with Gasteiger partial charge in [0.25, 0.3) is 0 Å². The summed E-state index contributed by atoms with van der Waals surface area (Å²) < 4.78 is 40.5. The molecule has 3 aromatic rings. The van der Waals surface area contributed by atoms with E-state index in [0.717, 1.165) is 5.56 Å². The molecular weight excluding hydrogens is 415 g/mol. The first-order valence-electron chi connectivity index (χ1n) is 8.84. The molecule has 0 unspecified atom stereocenters. The van der Waals surface area contributed by atoms with Crippen molar-refractivity contribution in [2.24, 2.45) is 5.73 Å². The Morgan fingerprint density at radius 1 is 1.03 bits per heavy atom. The van der Waals surface area contributed by atoms with Crippen LogP contribution in [-0.4, -0.2) is 43.2 Å². The van der Waals surface area contributed by atoms with Gasteiger partial charge in [0.05, 0.1) is 14.2 Å². The lowest BCUT2D eigenvalue weighted by atomic mass is 10.1. The Hall–Kier alpha value is -3.82. The minimum Gasteiger partial charge on any atom is -0.465 e. The van der Waals surface area contributed by atoms with Crippen LogP contribution in [0.25, 0.3) is 10.9 Å². The van der Waals surface area contributed by atoms with E-state index in [-0.39, 0.29) is 17.1 Å². The van der Waals surface area contributed by atoms with Crippen LogP contribution in [0.1, 0.15) is 32.0 Å². The monoisotopic (exact) mass is 435 g/mol. The van der Waals surface area contributed by atoms with Crippen molar-refractivity contribution < 1.29 is 32.2 Å². The number of hydrogen-bond donors (Lipinski definition) is 2. The second-order valence-electron chi connectivity index (χ2n) is 6.17. The summed E-state index contributed by atoms with van der Waals surface area (Å²) in [5.41, 5.74) is 7.97. The van der Waals surface area contributed by atoms with Gasteiger partial charge in [-0.25, -0.2) is 9.59 Å². The zero-order valence-electron chi connectivity index (χ0n) is 16.7. The van der Waals surface area contributed by atoms with Gasteiger partial charge in [-0.15, -0.1) is 0 Å². The number of fused-ring (bicyclic) bond motifs is 1. The molecule has 0 radical (unpaired) electrons. The van der Waals surface area contributed by atoms with E-state index < -0.39 is 18.6 Å². The topological polar surface area (TPSA) is 107 Å². The van der Waals surface area contributed by atoms with E-state index in [9.17, 15) is 22.8 Å². The summed E-state index contributed by atoms with van der Waals surface area (Å²) in [5.74, 6) is -1.28. The SMILES string of the molecule is COC(=O)c1c(C(=O)OC)n(Cc2cccc(C(=N)N)c2)c2ccccc12.FC(F)F. The minimum atomic E-state index is -3.67. The van der Waals surface area contributed by atoms with Gasteiger partial charge >= 0.3 is 18.6 Å². The lowest BCUT2D eigenvalue weighted by Crippen LogP contribution is -2.16. The quantitative estimate of drug-likeness (QED) is 0.361. The molecule has 0 saturated carbocycles. The molecule has 7 nitrogen and oxygen atoms in total. The number of nitrogens with zero attached hydrogens (tertiary/aromatic N) is 1. The number of hydrogen-bond acceptors (Lipinski definition) is 5. The standard InChI is InChI=1S/C20H19N3O4.CHF3/c1-26-19(24)16-14-8-3-4-9-15(14)23(17(16)20(25)27-2)11-12-6-5-7-13(10-12)18(21)22;2-1(3)4/h3-10H,11H2,1-2H3,(H3,21,22);1H. The number of rotatable bonds is 5. The third-order valence-corrected chi connectivity index (χ3v) is 4.32. The highest BCUT2D eigenvalue weighted by molar-refractivity contribution is 6.13. The van der Waals surface area contributed by atoms with Gasteiger partial charge in [-0.1, -0.05) is 36.4 Å². The second-order valence-corrected chi connectivity index (χ2v) is 6.17. The number of carbonyl (C=O) groups excluding carboxylic acids is 2. The highest BCUT2D eigenvalue weighted by Gasteiger charge is 2.28. The van der Waals surface area contributed by atoms with Crippen LogP contribution >= 0.6 is 0 Å². The van der Waals surface area contributed by atoms with Crippen LogP contribution in [0.15, 0.2) is 48.5 Å². The summed E-state index contributed by atoms with van der Waals surface area (Å²) >= 11 is 0. The average Bonchev–Trinajstić information content (AvgIpc) is 3.06. The second kappa shape index (κ2) is 10.3. The van der Waals surface area contributed by atoms with Gasteiger partial charge in [-0.3, -0.25) is 5.41 Å². The first-order chi connectivity index (χ1) is 14.7. The number of esters is 2. The fourth-order valence-corrected chi connectivity index (χ4v) is 3.11. The molecule has 0 aliphatic carbocycles. The third kappa shape index (κ3) is 5.41. The number of nitrogen functional groups attached to an aromatic ring is 1. The molecule has 2 aromatic carbocycles. The number of aromatic nitrogens is 1. The maximum absolute atomic E-state index is 12.5. The molecular formula is C21H20F3N3O4. The van der Waals surface area contributed by atoms with E-state index in [0.29, 0.717) is 23.0 Å². The molecule has 0 fully saturated rings. The van der Waals surface area contributed by atoms with Crippen LogP contribution in [0, 0.1) is 5.41 Å². The van der Waals surface area contributed by atoms with Gasteiger partial charge in [-0.05, 0) is 17.7 Å². The first kappa shape index (κ1) is 23.5. The first-order valence-corrected chi connectivity index (χ1v) is 8.84. The summed E-state index contributed by atoms with van der Waals surface area (Å²) in [7, 11) is 2.54. The van der Waals surface area contributed by atoms with Crippen molar-refractivity contribution in [1.82, 2.24) is 4.57 Å². The fraction of sp³-hybridized carbons (Fsp3) is 0.190. The maximum atomic E-state index is 12.5. The molecule has 31 heavy (non-hydrogen) atoms. The van der Waals surface area contributed by atoms with Crippen molar-refractivity contribution in [2.75, 3.05) is 14.2 Å². The lowest BCUT2D eigenvalue weighted by Gasteiger charge is -2.11. The number of amidine groups is 1. The molecule has 10 heteroatoms.